The zero-order valence-corrected chi connectivity index (χ0v) is 12.7. The van der Waals surface area contributed by atoms with Crippen LogP contribution in [0.15, 0.2) is 18.2 Å². The lowest BCUT2D eigenvalue weighted by molar-refractivity contribution is 0.584. The van der Waals surface area contributed by atoms with Crippen LogP contribution in [0.4, 0.5) is 5.69 Å². The molecule has 0 aliphatic carbocycles. The van der Waals surface area contributed by atoms with Gasteiger partial charge < -0.3 is 10.2 Å². The molecule has 0 amide bonds. The van der Waals surface area contributed by atoms with Gasteiger partial charge in [0.25, 0.3) is 0 Å². The average molecular weight is 260 g/mol. The van der Waals surface area contributed by atoms with E-state index in [0.717, 1.165) is 13.1 Å². The molecule has 106 valence electrons. The molecule has 0 saturated heterocycles. The maximum atomic E-state index is 3.52. The lowest BCUT2D eigenvalue weighted by Gasteiger charge is -2.34. The quantitative estimate of drug-likeness (QED) is 0.838. The third kappa shape index (κ3) is 3.30. The SMILES string of the molecule is CCCCN(c1cccc2c1CNCC2)C(C)CC. The first-order valence-electron chi connectivity index (χ1n) is 7.86. The van der Waals surface area contributed by atoms with Crippen molar-refractivity contribution in [1.29, 1.82) is 0 Å². The van der Waals surface area contributed by atoms with E-state index in [9.17, 15) is 0 Å². The van der Waals surface area contributed by atoms with Gasteiger partial charge in [-0.1, -0.05) is 32.4 Å². The third-order valence-electron chi connectivity index (χ3n) is 4.31. The zero-order valence-electron chi connectivity index (χ0n) is 12.7. The molecule has 1 aromatic rings. The second kappa shape index (κ2) is 6.95. The molecule has 2 rings (SSSR count). The molecular formula is C17H28N2. The Morgan fingerprint density at radius 2 is 2.16 bits per heavy atom. The van der Waals surface area contributed by atoms with Gasteiger partial charge >= 0.3 is 0 Å². The lowest BCUT2D eigenvalue weighted by Crippen LogP contribution is -2.36. The Balaban J connectivity index is 2.29. The van der Waals surface area contributed by atoms with Crippen molar-refractivity contribution in [3.63, 3.8) is 0 Å². The molecule has 1 heterocycles. The van der Waals surface area contributed by atoms with Gasteiger partial charge in [-0.15, -0.1) is 0 Å². The average Bonchev–Trinajstić information content (AvgIpc) is 2.47. The van der Waals surface area contributed by atoms with Gasteiger partial charge in [-0.2, -0.15) is 0 Å². The van der Waals surface area contributed by atoms with Crippen molar-refractivity contribution in [3.8, 4) is 0 Å². The first-order chi connectivity index (χ1) is 9.27. The summed E-state index contributed by atoms with van der Waals surface area (Å²) in [5.74, 6) is 0. The van der Waals surface area contributed by atoms with Gasteiger partial charge in [0.1, 0.15) is 0 Å². The van der Waals surface area contributed by atoms with Gasteiger partial charge in [-0.3, -0.25) is 0 Å². The molecule has 1 aliphatic rings. The van der Waals surface area contributed by atoms with E-state index in [-0.39, 0.29) is 0 Å². The highest BCUT2D eigenvalue weighted by Gasteiger charge is 2.19. The van der Waals surface area contributed by atoms with Crippen molar-refractivity contribution in [3.05, 3.63) is 29.3 Å². The lowest BCUT2D eigenvalue weighted by atomic mass is 9.97. The number of hydrogen-bond donors (Lipinski definition) is 1. The minimum absolute atomic E-state index is 0.625. The maximum absolute atomic E-state index is 3.52. The Bertz CT molecular complexity index is 400. The molecule has 0 fully saturated rings. The summed E-state index contributed by atoms with van der Waals surface area (Å²) in [6.45, 7) is 10.3. The van der Waals surface area contributed by atoms with Crippen LogP contribution in [-0.4, -0.2) is 19.1 Å². The first-order valence-corrected chi connectivity index (χ1v) is 7.86. The number of unbranched alkanes of at least 4 members (excludes halogenated alkanes) is 1. The van der Waals surface area contributed by atoms with Crippen molar-refractivity contribution in [1.82, 2.24) is 5.32 Å². The third-order valence-corrected chi connectivity index (χ3v) is 4.31. The number of fused-ring (bicyclic) bond motifs is 1. The summed E-state index contributed by atoms with van der Waals surface area (Å²) in [5.41, 5.74) is 4.54. The number of anilines is 1. The van der Waals surface area contributed by atoms with E-state index < -0.39 is 0 Å². The first kappa shape index (κ1) is 14.4. The predicted molar refractivity (Wildman–Crippen MR) is 83.9 cm³/mol. The van der Waals surface area contributed by atoms with Crippen molar-refractivity contribution in [2.45, 2.75) is 59.0 Å². The van der Waals surface area contributed by atoms with Crippen LogP contribution in [0, 0.1) is 0 Å². The maximum Gasteiger partial charge on any atom is 0.0417 e. The molecule has 0 spiro atoms. The highest BCUT2D eigenvalue weighted by atomic mass is 15.2. The van der Waals surface area contributed by atoms with Gasteiger partial charge in [0.05, 0.1) is 0 Å². The molecular weight excluding hydrogens is 232 g/mol. The molecule has 1 atom stereocenters. The van der Waals surface area contributed by atoms with E-state index in [2.05, 4.69) is 49.2 Å². The number of benzene rings is 1. The molecule has 0 bridgehead atoms. The Kier molecular flexibility index (Phi) is 5.26. The van der Waals surface area contributed by atoms with E-state index in [0.29, 0.717) is 6.04 Å². The number of nitrogens with one attached hydrogen (secondary N) is 1. The van der Waals surface area contributed by atoms with Crippen LogP contribution in [0.25, 0.3) is 0 Å². The van der Waals surface area contributed by atoms with Crippen LogP contribution in [0.1, 0.15) is 51.2 Å². The van der Waals surface area contributed by atoms with Crippen molar-refractivity contribution < 1.29 is 0 Å². The van der Waals surface area contributed by atoms with E-state index in [1.807, 2.05) is 0 Å². The molecule has 0 aromatic heterocycles. The second-order valence-electron chi connectivity index (χ2n) is 5.65. The van der Waals surface area contributed by atoms with Crippen LogP contribution in [0.3, 0.4) is 0 Å². The fourth-order valence-corrected chi connectivity index (χ4v) is 2.89. The Morgan fingerprint density at radius 3 is 2.89 bits per heavy atom. The van der Waals surface area contributed by atoms with E-state index in [4.69, 9.17) is 0 Å². The van der Waals surface area contributed by atoms with Crippen molar-refractivity contribution >= 4 is 5.69 Å². The largest absolute Gasteiger partial charge is 0.369 e. The van der Waals surface area contributed by atoms with E-state index in [1.165, 1.54) is 43.5 Å². The number of nitrogens with zero attached hydrogens (tertiary/aromatic N) is 1. The van der Waals surface area contributed by atoms with Crippen LogP contribution < -0.4 is 10.2 Å². The summed E-state index contributed by atoms with van der Waals surface area (Å²) in [7, 11) is 0. The molecule has 2 nitrogen and oxygen atoms in total. The molecule has 1 aliphatic heterocycles. The minimum Gasteiger partial charge on any atom is -0.369 e. The Hall–Kier alpha value is -1.02. The summed E-state index contributed by atoms with van der Waals surface area (Å²) in [6.07, 6.45) is 4.92. The molecule has 2 heteroatoms. The number of hydrogen-bond acceptors (Lipinski definition) is 2. The summed E-state index contributed by atoms with van der Waals surface area (Å²) in [5, 5.41) is 3.52. The zero-order chi connectivity index (χ0) is 13.7. The molecule has 1 N–H and O–H groups in total. The predicted octanol–water partition coefficient (Wildman–Crippen LogP) is 3.74. The topological polar surface area (TPSA) is 15.3 Å². The standard InChI is InChI=1S/C17H28N2/c1-4-6-12-19(14(3)5-2)17-9-7-8-15-10-11-18-13-16(15)17/h7-9,14,18H,4-6,10-13H2,1-3H3. The summed E-state index contributed by atoms with van der Waals surface area (Å²) >= 11 is 0. The summed E-state index contributed by atoms with van der Waals surface area (Å²) in [6, 6.07) is 7.47. The van der Waals surface area contributed by atoms with Gasteiger partial charge in [0.15, 0.2) is 0 Å². The highest BCUT2D eigenvalue weighted by Crippen LogP contribution is 2.28. The fraction of sp³-hybridized carbons (Fsp3) is 0.647. The van der Waals surface area contributed by atoms with Crippen LogP contribution in [-0.2, 0) is 13.0 Å². The monoisotopic (exact) mass is 260 g/mol. The molecule has 0 saturated carbocycles. The van der Waals surface area contributed by atoms with Gasteiger partial charge in [0.2, 0.25) is 0 Å². The molecule has 1 unspecified atom stereocenters. The van der Waals surface area contributed by atoms with Crippen LogP contribution >= 0.6 is 0 Å². The second-order valence-corrected chi connectivity index (χ2v) is 5.65. The summed E-state index contributed by atoms with van der Waals surface area (Å²) in [4.78, 5) is 2.62. The van der Waals surface area contributed by atoms with Crippen molar-refractivity contribution in [2.24, 2.45) is 0 Å². The fourth-order valence-electron chi connectivity index (χ4n) is 2.89. The van der Waals surface area contributed by atoms with Crippen LogP contribution in [0.5, 0.6) is 0 Å². The van der Waals surface area contributed by atoms with Gasteiger partial charge in [0, 0.05) is 24.8 Å². The Labute approximate surface area is 118 Å². The van der Waals surface area contributed by atoms with Crippen LogP contribution in [0.2, 0.25) is 0 Å². The normalized spacial score (nSPS) is 15.9. The van der Waals surface area contributed by atoms with Crippen molar-refractivity contribution in [2.75, 3.05) is 18.0 Å². The Morgan fingerprint density at radius 1 is 1.32 bits per heavy atom. The molecule has 0 radical (unpaired) electrons. The molecule has 19 heavy (non-hydrogen) atoms. The van der Waals surface area contributed by atoms with E-state index >= 15 is 0 Å². The molecule has 1 aromatic carbocycles. The summed E-state index contributed by atoms with van der Waals surface area (Å²) < 4.78 is 0. The minimum atomic E-state index is 0.625. The van der Waals surface area contributed by atoms with Gasteiger partial charge in [-0.05, 0) is 49.9 Å². The highest BCUT2D eigenvalue weighted by molar-refractivity contribution is 5.58. The van der Waals surface area contributed by atoms with Gasteiger partial charge in [-0.25, -0.2) is 0 Å². The smallest absolute Gasteiger partial charge is 0.0417 e. The number of rotatable bonds is 6. The van der Waals surface area contributed by atoms with E-state index in [1.54, 1.807) is 5.56 Å².